The van der Waals surface area contributed by atoms with Crippen molar-refractivity contribution in [2.24, 2.45) is 0 Å². The normalized spacial score (nSPS) is 17.4. The number of carbonyl (C=O) groups excluding carboxylic acids is 1. The Bertz CT molecular complexity index is 641. The van der Waals surface area contributed by atoms with Gasteiger partial charge in [0.1, 0.15) is 6.04 Å². The van der Waals surface area contributed by atoms with E-state index in [0.29, 0.717) is 18.3 Å². The van der Waals surface area contributed by atoms with Gasteiger partial charge in [-0.15, -0.1) is 0 Å². The predicted octanol–water partition coefficient (Wildman–Crippen LogP) is 2.86. The fraction of sp³-hybridized carbons (Fsp3) is 0.471. The Morgan fingerprint density at radius 2 is 2.22 bits per heavy atom. The van der Waals surface area contributed by atoms with Crippen LogP contribution in [0.15, 0.2) is 34.9 Å². The van der Waals surface area contributed by atoms with Crippen molar-refractivity contribution in [1.82, 2.24) is 20.4 Å². The van der Waals surface area contributed by atoms with Crippen LogP contribution in [0.25, 0.3) is 0 Å². The van der Waals surface area contributed by atoms with Crippen LogP contribution in [0.4, 0.5) is 4.79 Å². The second kappa shape index (κ2) is 7.26. The molecule has 23 heavy (non-hydrogen) atoms. The van der Waals surface area contributed by atoms with E-state index >= 15 is 0 Å². The molecule has 3 rings (SSSR count). The van der Waals surface area contributed by atoms with Gasteiger partial charge in [0.25, 0.3) is 0 Å². The lowest BCUT2D eigenvalue weighted by Gasteiger charge is -2.22. The van der Waals surface area contributed by atoms with Crippen molar-refractivity contribution in [2.75, 3.05) is 13.1 Å². The van der Waals surface area contributed by atoms with Crippen molar-refractivity contribution in [3.8, 4) is 0 Å². The van der Waals surface area contributed by atoms with E-state index in [4.69, 9.17) is 4.52 Å². The number of carbonyl (C=O) groups is 1. The van der Waals surface area contributed by atoms with Gasteiger partial charge < -0.3 is 14.7 Å². The summed E-state index contributed by atoms with van der Waals surface area (Å²) in [5.74, 6) is 1.15. The van der Waals surface area contributed by atoms with Gasteiger partial charge in [-0.25, -0.2) is 4.79 Å². The molecule has 1 saturated heterocycles. The Balaban J connectivity index is 1.47. The average Bonchev–Trinajstić information content (AvgIpc) is 3.21. The number of likely N-dealkylation sites (tertiary alicyclic amines) is 1. The quantitative estimate of drug-likeness (QED) is 0.861. The summed E-state index contributed by atoms with van der Waals surface area (Å²) < 4.78 is 5.23. The number of amides is 2. The second-order valence-corrected chi connectivity index (χ2v) is 5.85. The van der Waals surface area contributed by atoms with Crippen molar-refractivity contribution < 1.29 is 9.32 Å². The van der Waals surface area contributed by atoms with Crippen LogP contribution in [0, 0.1) is 6.92 Å². The molecule has 6 heteroatoms. The summed E-state index contributed by atoms with van der Waals surface area (Å²) in [6.45, 7) is 3.19. The first-order valence-corrected chi connectivity index (χ1v) is 8.12. The lowest BCUT2D eigenvalue weighted by Crippen LogP contribution is -2.40. The van der Waals surface area contributed by atoms with E-state index in [0.717, 1.165) is 32.2 Å². The standard InChI is InChI=1S/C17H22N4O2/c1-13-19-16(23-20-13)15-10-6-12-21(15)17(22)18-11-5-9-14-7-3-2-4-8-14/h2-4,7-8,15H,5-6,9-12H2,1H3,(H,18,22)/t15-/m1/s1. The van der Waals surface area contributed by atoms with Crippen LogP contribution < -0.4 is 5.32 Å². The lowest BCUT2D eigenvalue weighted by molar-refractivity contribution is 0.180. The van der Waals surface area contributed by atoms with Crippen LogP contribution >= 0.6 is 0 Å². The summed E-state index contributed by atoms with van der Waals surface area (Å²) >= 11 is 0. The molecule has 6 nitrogen and oxygen atoms in total. The fourth-order valence-electron chi connectivity index (χ4n) is 2.95. The molecule has 1 aliphatic rings. The maximum Gasteiger partial charge on any atom is 0.318 e. The molecule has 0 saturated carbocycles. The summed E-state index contributed by atoms with van der Waals surface area (Å²) in [7, 11) is 0. The number of benzene rings is 1. The number of aromatic nitrogens is 2. The summed E-state index contributed by atoms with van der Waals surface area (Å²) in [6, 6.07) is 10.2. The summed E-state index contributed by atoms with van der Waals surface area (Å²) in [5.41, 5.74) is 1.29. The minimum atomic E-state index is -0.0923. The predicted molar refractivity (Wildman–Crippen MR) is 85.9 cm³/mol. The molecule has 1 aromatic heterocycles. The molecule has 0 bridgehead atoms. The minimum Gasteiger partial charge on any atom is -0.338 e. The molecule has 0 radical (unpaired) electrons. The molecule has 1 fully saturated rings. The molecule has 122 valence electrons. The van der Waals surface area contributed by atoms with Crippen LogP contribution in [0.1, 0.15) is 42.6 Å². The Morgan fingerprint density at radius 1 is 1.39 bits per heavy atom. The number of aryl methyl sites for hydroxylation is 2. The monoisotopic (exact) mass is 314 g/mol. The van der Waals surface area contributed by atoms with E-state index in [1.165, 1.54) is 5.56 Å². The number of hydrogen-bond acceptors (Lipinski definition) is 4. The third-order valence-corrected chi connectivity index (χ3v) is 4.10. The molecule has 0 unspecified atom stereocenters. The van der Waals surface area contributed by atoms with E-state index in [9.17, 15) is 4.79 Å². The molecule has 0 aliphatic carbocycles. The van der Waals surface area contributed by atoms with E-state index in [1.807, 2.05) is 18.2 Å². The van der Waals surface area contributed by atoms with Gasteiger partial charge in [0.15, 0.2) is 5.82 Å². The molecule has 1 aliphatic heterocycles. The largest absolute Gasteiger partial charge is 0.338 e. The highest BCUT2D eigenvalue weighted by atomic mass is 16.5. The summed E-state index contributed by atoms with van der Waals surface area (Å²) in [6.07, 6.45) is 3.73. The van der Waals surface area contributed by atoms with Gasteiger partial charge in [-0.2, -0.15) is 4.98 Å². The molecular weight excluding hydrogens is 292 g/mol. The zero-order chi connectivity index (χ0) is 16.1. The highest BCUT2D eigenvalue weighted by Gasteiger charge is 2.33. The van der Waals surface area contributed by atoms with Crippen molar-refractivity contribution in [3.05, 3.63) is 47.6 Å². The van der Waals surface area contributed by atoms with E-state index < -0.39 is 0 Å². The van der Waals surface area contributed by atoms with Gasteiger partial charge in [-0.1, -0.05) is 35.5 Å². The third-order valence-electron chi connectivity index (χ3n) is 4.10. The molecular formula is C17H22N4O2. The van der Waals surface area contributed by atoms with Crippen LogP contribution in [0.3, 0.4) is 0 Å². The van der Waals surface area contributed by atoms with Crippen molar-refractivity contribution >= 4 is 6.03 Å². The third kappa shape index (κ3) is 3.88. The Morgan fingerprint density at radius 3 is 2.96 bits per heavy atom. The van der Waals surface area contributed by atoms with Gasteiger partial charge in [0.2, 0.25) is 5.89 Å². The minimum absolute atomic E-state index is 0.0450. The first-order chi connectivity index (χ1) is 11.2. The maximum atomic E-state index is 12.4. The highest BCUT2D eigenvalue weighted by Crippen LogP contribution is 2.30. The number of nitrogens with one attached hydrogen (secondary N) is 1. The van der Waals surface area contributed by atoms with Crippen LogP contribution in [-0.4, -0.2) is 34.2 Å². The van der Waals surface area contributed by atoms with E-state index in [-0.39, 0.29) is 12.1 Å². The van der Waals surface area contributed by atoms with Crippen LogP contribution in [0.2, 0.25) is 0 Å². The van der Waals surface area contributed by atoms with Gasteiger partial charge in [0, 0.05) is 13.1 Å². The Kier molecular flexibility index (Phi) is 4.90. The average molecular weight is 314 g/mol. The van der Waals surface area contributed by atoms with Gasteiger partial charge in [0.05, 0.1) is 0 Å². The first kappa shape index (κ1) is 15.5. The molecule has 1 aromatic carbocycles. The number of urea groups is 1. The van der Waals surface area contributed by atoms with Gasteiger partial charge >= 0.3 is 6.03 Å². The molecule has 0 spiro atoms. The van der Waals surface area contributed by atoms with E-state index in [1.54, 1.807) is 11.8 Å². The molecule has 2 aromatic rings. The molecule has 1 N–H and O–H groups in total. The van der Waals surface area contributed by atoms with Crippen molar-refractivity contribution in [3.63, 3.8) is 0 Å². The maximum absolute atomic E-state index is 12.4. The molecule has 2 amide bonds. The number of hydrogen-bond donors (Lipinski definition) is 1. The SMILES string of the molecule is Cc1noc([C@H]2CCCN2C(=O)NCCCc2ccccc2)n1. The summed E-state index contributed by atoms with van der Waals surface area (Å²) in [5, 5.41) is 6.82. The highest BCUT2D eigenvalue weighted by molar-refractivity contribution is 5.74. The fourth-order valence-corrected chi connectivity index (χ4v) is 2.95. The van der Waals surface area contributed by atoms with Gasteiger partial charge in [-0.3, -0.25) is 0 Å². The van der Waals surface area contributed by atoms with Crippen molar-refractivity contribution in [2.45, 2.75) is 38.6 Å². The topological polar surface area (TPSA) is 71.3 Å². The Hall–Kier alpha value is -2.37. The number of rotatable bonds is 5. The first-order valence-electron chi connectivity index (χ1n) is 8.12. The van der Waals surface area contributed by atoms with Crippen molar-refractivity contribution in [1.29, 1.82) is 0 Å². The lowest BCUT2D eigenvalue weighted by atomic mass is 10.1. The molecule has 2 heterocycles. The smallest absolute Gasteiger partial charge is 0.318 e. The number of nitrogens with zero attached hydrogens (tertiary/aromatic N) is 3. The van der Waals surface area contributed by atoms with Gasteiger partial charge in [-0.05, 0) is 38.2 Å². The molecule has 1 atom stereocenters. The Labute approximate surface area is 135 Å². The van der Waals surface area contributed by atoms with Crippen LogP contribution in [0.5, 0.6) is 0 Å². The second-order valence-electron chi connectivity index (χ2n) is 5.85. The zero-order valence-electron chi connectivity index (χ0n) is 13.4. The van der Waals surface area contributed by atoms with E-state index in [2.05, 4.69) is 27.6 Å². The summed E-state index contributed by atoms with van der Waals surface area (Å²) in [4.78, 5) is 18.4. The van der Waals surface area contributed by atoms with Crippen LogP contribution in [-0.2, 0) is 6.42 Å². The zero-order valence-corrected chi connectivity index (χ0v) is 13.4.